The molecular formula is C16H24BFN2O2. The van der Waals surface area contributed by atoms with Gasteiger partial charge in [-0.05, 0) is 59.5 Å². The molecule has 2 aliphatic rings. The van der Waals surface area contributed by atoms with E-state index in [4.69, 9.17) is 9.31 Å². The average Bonchev–Trinajstić information content (AvgIpc) is 2.89. The molecule has 0 unspecified atom stereocenters. The fourth-order valence-electron chi connectivity index (χ4n) is 2.64. The van der Waals surface area contributed by atoms with Crippen LogP contribution >= 0.6 is 0 Å². The van der Waals surface area contributed by atoms with Crippen molar-refractivity contribution in [3.05, 3.63) is 23.7 Å². The van der Waals surface area contributed by atoms with Gasteiger partial charge in [0.25, 0.3) is 0 Å². The summed E-state index contributed by atoms with van der Waals surface area (Å²) in [4.78, 5) is 0. The van der Waals surface area contributed by atoms with Crippen molar-refractivity contribution in [1.29, 1.82) is 0 Å². The molecule has 1 aromatic heterocycles. The van der Waals surface area contributed by atoms with Gasteiger partial charge >= 0.3 is 7.12 Å². The van der Waals surface area contributed by atoms with E-state index in [2.05, 4.69) is 5.10 Å². The Balaban J connectivity index is 1.81. The summed E-state index contributed by atoms with van der Waals surface area (Å²) in [6.45, 7) is 9.44. The molecule has 1 aromatic rings. The molecule has 0 N–H and O–H groups in total. The van der Waals surface area contributed by atoms with Gasteiger partial charge < -0.3 is 9.31 Å². The standard InChI is InChI=1S/C16H24BFN2O2/c1-11(12-9-19-20(10-12)13-7-6-8-13)14(18)17-21-15(2,3)16(4,5)22-17/h9-10,13H,6-8H2,1-5H3. The molecule has 1 aliphatic heterocycles. The number of nitrogens with zero attached hydrogens (tertiary/aromatic N) is 2. The van der Waals surface area contributed by atoms with E-state index in [9.17, 15) is 4.39 Å². The van der Waals surface area contributed by atoms with E-state index in [-0.39, 0.29) is 5.73 Å². The van der Waals surface area contributed by atoms with Crippen LogP contribution in [0.1, 0.15) is 65.5 Å². The second-order valence-electron chi connectivity index (χ2n) is 7.35. The predicted octanol–water partition coefficient (Wildman–Crippen LogP) is 3.94. The lowest BCUT2D eigenvalue weighted by Crippen LogP contribution is -2.41. The molecule has 0 aromatic carbocycles. The first-order chi connectivity index (χ1) is 10.2. The largest absolute Gasteiger partial charge is 0.525 e. The molecule has 2 heterocycles. The molecule has 0 radical (unpaired) electrons. The SMILES string of the molecule is CC(=C(F)B1OC(C)(C)C(C)(C)O1)c1cnn(C2CCC2)c1. The van der Waals surface area contributed by atoms with Crippen LogP contribution in [-0.4, -0.2) is 28.1 Å². The molecule has 1 saturated heterocycles. The van der Waals surface area contributed by atoms with Gasteiger partial charge in [0, 0.05) is 11.8 Å². The molecule has 6 heteroatoms. The minimum atomic E-state index is -0.947. The van der Waals surface area contributed by atoms with Crippen LogP contribution in [-0.2, 0) is 9.31 Å². The fraction of sp³-hybridized carbons (Fsp3) is 0.688. The number of aromatic nitrogens is 2. The Morgan fingerprint density at radius 1 is 1.27 bits per heavy atom. The summed E-state index contributed by atoms with van der Waals surface area (Å²) in [5, 5.41) is 4.36. The zero-order valence-electron chi connectivity index (χ0n) is 14.0. The van der Waals surface area contributed by atoms with Crippen molar-refractivity contribution in [1.82, 2.24) is 9.78 Å². The smallest absolute Gasteiger partial charge is 0.398 e. The van der Waals surface area contributed by atoms with E-state index < -0.39 is 18.3 Å². The monoisotopic (exact) mass is 306 g/mol. The zero-order valence-corrected chi connectivity index (χ0v) is 14.0. The number of hydrogen-bond donors (Lipinski definition) is 0. The van der Waals surface area contributed by atoms with E-state index in [1.165, 1.54) is 6.42 Å². The Bertz CT molecular complexity index is 589. The van der Waals surface area contributed by atoms with Crippen molar-refractivity contribution in [3.63, 3.8) is 0 Å². The van der Waals surface area contributed by atoms with Crippen LogP contribution in [0.5, 0.6) is 0 Å². The molecule has 3 rings (SSSR count). The second kappa shape index (κ2) is 5.20. The van der Waals surface area contributed by atoms with Crippen LogP contribution < -0.4 is 0 Å². The van der Waals surface area contributed by atoms with Gasteiger partial charge in [0.15, 0.2) is 0 Å². The Morgan fingerprint density at radius 2 is 1.86 bits per heavy atom. The number of halogens is 1. The second-order valence-corrected chi connectivity index (χ2v) is 7.35. The van der Waals surface area contributed by atoms with Crippen LogP contribution in [0.2, 0.25) is 0 Å². The van der Waals surface area contributed by atoms with E-state index in [0.29, 0.717) is 11.6 Å². The van der Waals surface area contributed by atoms with E-state index >= 15 is 0 Å². The Labute approximate surface area is 131 Å². The number of allylic oxidation sites excluding steroid dienone is 1. The third-order valence-electron chi connectivity index (χ3n) is 5.30. The Hall–Kier alpha value is -1.14. The van der Waals surface area contributed by atoms with Crippen LogP contribution in [0, 0.1) is 0 Å². The van der Waals surface area contributed by atoms with Gasteiger partial charge in [-0.25, -0.2) is 4.39 Å². The molecule has 0 atom stereocenters. The molecule has 0 bridgehead atoms. The van der Waals surface area contributed by atoms with Crippen molar-refractivity contribution in [3.8, 4) is 0 Å². The molecule has 0 amide bonds. The van der Waals surface area contributed by atoms with Crippen LogP contribution in [0.15, 0.2) is 18.1 Å². The van der Waals surface area contributed by atoms with Gasteiger partial charge in [-0.2, -0.15) is 5.10 Å². The van der Waals surface area contributed by atoms with Crippen LogP contribution in [0.4, 0.5) is 4.39 Å². The van der Waals surface area contributed by atoms with Crippen molar-refractivity contribution in [2.24, 2.45) is 0 Å². The van der Waals surface area contributed by atoms with Gasteiger partial charge in [-0.1, -0.05) is 0 Å². The topological polar surface area (TPSA) is 36.3 Å². The molecule has 4 nitrogen and oxygen atoms in total. The summed E-state index contributed by atoms with van der Waals surface area (Å²) in [5.41, 5.74) is -0.119. The maximum Gasteiger partial charge on any atom is 0.525 e. The number of hydrogen-bond acceptors (Lipinski definition) is 3. The summed E-state index contributed by atoms with van der Waals surface area (Å²) >= 11 is 0. The van der Waals surface area contributed by atoms with Gasteiger partial charge in [-0.3, -0.25) is 4.68 Å². The summed E-state index contributed by atoms with van der Waals surface area (Å²) in [6, 6.07) is 0.474. The third kappa shape index (κ3) is 2.52. The minimum Gasteiger partial charge on any atom is -0.398 e. The number of rotatable bonds is 3. The van der Waals surface area contributed by atoms with Crippen LogP contribution in [0.3, 0.4) is 0 Å². The quantitative estimate of drug-likeness (QED) is 0.794. The lowest BCUT2D eigenvalue weighted by atomic mass is 9.84. The first kappa shape index (κ1) is 15.7. The van der Waals surface area contributed by atoms with Crippen molar-refractivity contribution < 1.29 is 13.7 Å². The molecule has 2 fully saturated rings. The summed E-state index contributed by atoms with van der Waals surface area (Å²) in [7, 11) is -0.947. The normalized spacial score (nSPS) is 25.1. The minimum absolute atomic E-state index is 0.369. The highest BCUT2D eigenvalue weighted by Crippen LogP contribution is 2.40. The molecule has 1 saturated carbocycles. The maximum absolute atomic E-state index is 14.8. The van der Waals surface area contributed by atoms with Gasteiger partial charge in [0.05, 0.1) is 23.4 Å². The zero-order chi connectivity index (χ0) is 16.1. The fourth-order valence-corrected chi connectivity index (χ4v) is 2.64. The van der Waals surface area contributed by atoms with Crippen molar-refractivity contribution in [2.45, 2.75) is 71.1 Å². The van der Waals surface area contributed by atoms with E-state index in [1.807, 2.05) is 38.6 Å². The lowest BCUT2D eigenvalue weighted by Gasteiger charge is -2.32. The van der Waals surface area contributed by atoms with Crippen LogP contribution in [0.25, 0.3) is 5.57 Å². The van der Waals surface area contributed by atoms with Gasteiger partial charge in [0.1, 0.15) is 5.73 Å². The van der Waals surface area contributed by atoms with E-state index in [0.717, 1.165) is 18.4 Å². The summed E-state index contributed by atoms with van der Waals surface area (Å²) in [5.74, 6) is 0. The maximum atomic E-state index is 14.8. The summed E-state index contributed by atoms with van der Waals surface area (Å²) in [6.07, 6.45) is 7.20. The molecule has 0 spiro atoms. The molecule has 22 heavy (non-hydrogen) atoms. The first-order valence-corrected chi connectivity index (χ1v) is 7.98. The van der Waals surface area contributed by atoms with Crippen molar-refractivity contribution in [2.75, 3.05) is 0 Å². The highest BCUT2D eigenvalue weighted by molar-refractivity contribution is 6.55. The van der Waals surface area contributed by atoms with E-state index in [1.54, 1.807) is 13.1 Å². The Morgan fingerprint density at radius 3 is 2.36 bits per heavy atom. The Kier molecular flexibility index (Phi) is 3.72. The first-order valence-electron chi connectivity index (χ1n) is 7.98. The summed E-state index contributed by atoms with van der Waals surface area (Å²) < 4.78 is 28.3. The molecule has 120 valence electrons. The third-order valence-corrected chi connectivity index (χ3v) is 5.30. The predicted molar refractivity (Wildman–Crippen MR) is 84.9 cm³/mol. The van der Waals surface area contributed by atoms with Gasteiger partial charge in [0.2, 0.25) is 0 Å². The highest BCUT2D eigenvalue weighted by atomic mass is 19.1. The molecular weight excluding hydrogens is 282 g/mol. The highest BCUT2D eigenvalue weighted by Gasteiger charge is 2.53. The lowest BCUT2D eigenvalue weighted by molar-refractivity contribution is 0.00578. The van der Waals surface area contributed by atoms with Crippen molar-refractivity contribution >= 4 is 12.7 Å². The van der Waals surface area contributed by atoms with Gasteiger partial charge in [-0.15, -0.1) is 0 Å². The molecule has 1 aliphatic carbocycles. The average molecular weight is 306 g/mol.